The Bertz CT molecular complexity index is 953. The van der Waals surface area contributed by atoms with Crippen molar-refractivity contribution in [2.45, 2.75) is 41.8 Å². The molecule has 0 spiro atoms. The first kappa shape index (κ1) is 20.9. The molecule has 0 N–H and O–H groups in total. The molecule has 2 heterocycles. The second-order valence-electron chi connectivity index (χ2n) is 5.98. The molecule has 1 aliphatic rings. The highest BCUT2D eigenvalue weighted by Gasteiger charge is 2.54. The number of alkyl halides is 2. The van der Waals surface area contributed by atoms with Crippen molar-refractivity contribution in [1.29, 1.82) is 0 Å². The monoisotopic (exact) mass is 438 g/mol. The first-order valence-corrected chi connectivity index (χ1v) is 11.6. The van der Waals surface area contributed by atoms with Gasteiger partial charge in [0, 0.05) is 27.3 Å². The van der Waals surface area contributed by atoms with Gasteiger partial charge in [-0.25, -0.2) is 4.39 Å². The van der Waals surface area contributed by atoms with E-state index in [0.717, 1.165) is 11.8 Å². The zero-order valence-electron chi connectivity index (χ0n) is 14.7. The van der Waals surface area contributed by atoms with E-state index >= 15 is 0 Å². The van der Waals surface area contributed by atoms with Crippen molar-refractivity contribution in [3.8, 4) is 0 Å². The average Bonchev–Trinajstić information content (AvgIpc) is 2.97. The van der Waals surface area contributed by atoms with Crippen molar-refractivity contribution in [2.75, 3.05) is 13.2 Å². The summed E-state index contributed by atoms with van der Waals surface area (Å²) < 4.78 is 66.0. The minimum absolute atomic E-state index is 0.135. The third-order valence-corrected chi connectivity index (χ3v) is 8.92. The summed E-state index contributed by atoms with van der Waals surface area (Å²) in [6, 6.07) is 3.88. The lowest BCUT2D eigenvalue weighted by atomic mass is 10.1. The maximum Gasteiger partial charge on any atom is 0.399 e. The summed E-state index contributed by atoms with van der Waals surface area (Å²) >= 11 is 2.34. The van der Waals surface area contributed by atoms with Crippen LogP contribution >= 0.6 is 30.7 Å². The van der Waals surface area contributed by atoms with Crippen LogP contribution in [0.2, 0.25) is 0 Å². The molecule has 148 valence electrons. The number of rotatable bonds is 7. The van der Waals surface area contributed by atoms with Gasteiger partial charge in [0.1, 0.15) is 5.82 Å². The predicted molar refractivity (Wildman–Crippen MR) is 102 cm³/mol. The van der Waals surface area contributed by atoms with Crippen LogP contribution in [0.1, 0.15) is 25.8 Å². The van der Waals surface area contributed by atoms with Gasteiger partial charge in [0.15, 0.2) is 5.43 Å². The van der Waals surface area contributed by atoms with Crippen molar-refractivity contribution >= 4 is 40.8 Å². The highest BCUT2D eigenvalue weighted by atomic mass is 32.2. The number of thioether (sulfide) groups is 1. The predicted octanol–water partition coefficient (Wildman–Crippen LogP) is 5.67. The van der Waals surface area contributed by atoms with Crippen LogP contribution < -0.4 is 5.43 Å². The van der Waals surface area contributed by atoms with Gasteiger partial charge in [-0.05, 0) is 38.5 Å². The van der Waals surface area contributed by atoms with Crippen LogP contribution in [-0.4, -0.2) is 24.1 Å². The first-order valence-electron chi connectivity index (χ1n) is 8.39. The molecule has 3 rings (SSSR count). The van der Waals surface area contributed by atoms with Crippen LogP contribution in [-0.2, 0) is 20.0 Å². The Kier molecular flexibility index (Phi) is 6.08. The van der Waals surface area contributed by atoms with Crippen molar-refractivity contribution < 1.29 is 26.8 Å². The van der Waals surface area contributed by atoms with Crippen LogP contribution in [0.15, 0.2) is 27.2 Å². The van der Waals surface area contributed by atoms with E-state index in [1.165, 1.54) is 43.4 Å². The summed E-state index contributed by atoms with van der Waals surface area (Å²) in [5.74, 6) is -0.460. The van der Waals surface area contributed by atoms with Crippen LogP contribution in [0.25, 0.3) is 10.1 Å². The Hall–Kier alpha value is -0.860. The Labute approximate surface area is 162 Å². The Morgan fingerprint density at radius 1 is 1.26 bits per heavy atom. The number of fused-ring (bicyclic) bond motifs is 2. The summed E-state index contributed by atoms with van der Waals surface area (Å²) in [5, 5.41) is -0.266. The smallest absolute Gasteiger partial charge is 0.305 e. The minimum Gasteiger partial charge on any atom is -0.305 e. The van der Waals surface area contributed by atoms with Gasteiger partial charge in [-0.2, -0.15) is 8.78 Å². The Morgan fingerprint density at radius 2 is 1.93 bits per heavy atom. The lowest BCUT2D eigenvalue weighted by molar-refractivity contribution is 0.0316. The fourth-order valence-corrected chi connectivity index (χ4v) is 7.62. The van der Waals surface area contributed by atoms with Crippen LogP contribution in [0.4, 0.5) is 13.2 Å². The molecule has 0 saturated carbocycles. The molecule has 0 fully saturated rings. The van der Waals surface area contributed by atoms with Crippen LogP contribution in [0, 0.1) is 5.82 Å². The van der Waals surface area contributed by atoms with Crippen molar-refractivity contribution in [3.63, 3.8) is 0 Å². The fraction of sp³-hybridized carbons (Fsp3) is 0.471. The van der Waals surface area contributed by atoms with Gasteiger partial charge in [0.05, 0.1) is 17.4 Å². The molecule has 0 aliphatic carbocycles. The zero-order valence-corrected chi connectivity index (χ0v) is 17.2. The number of halogens is 3. The summed E-state index contributed by atoms with van der Waals surface area (Å²) in [5.41, 5.74) is -3.49. The SMILES string of the molecule is CCOP(=O)(OCC)C(F)(F)CC1Cc2c(sc3cc(F)ccc3c2=O)S1. The molecule has 10 heteroatoms. The van der Waals surface area contributed by atoms with E-state index in [1.807, 2.05) is 0 Å². The maximum atomic E-state index is 14.7. The molecule has 0 radical (unpaired) electrons. The third-order valence-electron chi connectivity index (χ3n) is 4.09. The molecule has 1 aromatic heterocycles. The highest BCUT2D eigenvalue weighted by Crippen LogP contribution is 2.64. The normalized spacial score (nSPS) is 17.4. The largest absolute Gasteiger partial charge is 0.399 e. The van der Waals surface area contributed by atoms with E-state index < -0.39 is 30.7 Å². The molecular formula is C17H18F3O4PS2. The summed E-state index contributed by atoms with van der Waals surface area (Å²) in [6.07, 6.45) is -0.600. The second-order valence-corrected chi connectivity index (χ2v) is 10.8. The second kappa shape index (κ2) is 7.87. The first-order chi connectivity index (χ1) is 12.7. The van der Waals surface area contributed by atoms with Gasteiger partial charge in [0.25, 0.3) is 0 Å². The molecule has 2 aromatic rings. The van der Waals surface area contributed by atoms with Gasteiger partial charge in [-0.1, -0.05) is 0 Å². The van der Waals surface area contributed by atoms with E-state index in [4.69, 9.17) is 9.05 Å². The van der Waals surface area contributed by atoms with Gasteiger partial charge < -0.3 is 9.05 Å². The number of hydrogen-bond acceptors (Lipinski definition) is 6. The molecular weight excluding hydrogens is 420 g/mol. The van der Waals surface area contributed by atoms with E-state index in [0.29, 0.717) is 19.9 Å². The molecule has 1 aromatic carbocycles. The van der Waals surface area contributed by atoms with Gasteiger partial charge in [0.2, 0.25) is 0 Å². The van der Waals surface area contributed by atoms with E-state index in [9.17, 15) is 22.5 Å². The molecule has 0 saturated heterocycles. The van der Waals surface area contributed by atoms with Crippen LogP contribution in [0.5, 0.6) is 0 Å². The minimum atomic E-state index is -4.60. The average molecular weight is 438 g/mol. The number of hydrogen-bond donors (Lipinski definition) is 0. The lowest BCUT2D eigenvalue weighted by Crippen LogP contribution is -2.25. The molecule has 0 amide bonds. The molecule has 1 unspecified atom stereocenters. The van der Waals surface area contributed by atoms with Crippen LogP contribution in [0.3, 0.4) is 0 Å². The fourth-order valence-electron chi connectivity index (χ4n) is 2.94. The van der Waals surface area contributed by atoms with Crippen molar-refractivity contribution in [3.05, 3.63) is 39.8 Å². The molecule has 4 nitrogen and oxygen atoms in total. The highest BCUT2D eigenvalue weighted by molar-refractivity contribution is 8.02. The molecule has 0 bridgehead atoms. The van der Waals surface area contributed by atoms with E-state index in [-0.39, 0.29) is 25.1 Å². The van der Waals surface area contributed by atoms with E-state index in [2.05, 4.69) is 0 Å². The molecule has 27 heavy (non-hydrogen) atoms. The van der Waals surface area contributed by atoms with Gasteiger partial charge in [-0.3, -0.25) is 9.36 Å². The Balaban J connectivity index is 1.88. The number of benzene rings is 1. The standard InChI is InChI=1S/C17H18F3O4PS2/c1-3-23-25(22,24-4-2)17(19,20)9-11-8-13-15(21)12-6-5-10(18)7-14(12)27-16(13)26-11/h5-7,11H,3-4,8-9H2,1-2H3. The summed E-state index contributed by atoms with van der Waals surface area (Å²) in [7, 11) is -4.60. The topological polar surface area (TPSA) is 52.6 Å². The maximum absolute atomic E-state index is 14.7. The summed E-state index contributed by atoms with van der Waals surface area (Å²) in [4.78, 5) is 12.6. The quantitative estimate of drug-likeness (QED) is 0.522. The Morgan fingerprint density at radius 3 is 2.56 bits per heavy atom. The van der Waals surface area contributed by atoms with Gasteiger partial charge >= 0.3 is 13.3 Å². The molecule has 1 aliphatic heterocycles. The lowest BCUT2D eigenvalue weighted by Gasteiger charge is -2.27. The zero-order chi connectivity index (χ0) is 19.8. The van der Waals surface area contributed by atoms with Gasteiger partial charge in [-0.15, -0.1) is 23.1 Å². The molecule has 1 atom stereocenters. The third kappa shape index (κ3) is 3.98. The van der Waals surface area contributed by atoms with Crippen molar-refractivity contribution in [2.24, 2.45) is 0 Å². The summed E-state index contributed by atoms with van der Waals surface area (Å²) in [6.45, 7) is 2.62. The van der Waals surface area contributed by atoms with Crippen molar-refractivity contribution in [1.82, 2.24) is 0 Å². The van der Waals surface area contributed by atoms with E-state index in [1.54, 1.807) is 0 Å².